The molecule has 2 heterocycles. The van der Waals surface area contributed by atoms with Crippen molar-refractivity contribution in [2.24, 2.45) is 0 Å². The molecular weight excluding hydrogens is 214 g/mol. The van der Waals surface area contributed by atoms with Crippen molar-refractivity contribution in [2.45, 2.75) is 12.5 Å². The van der Waals surface area contributed by atoms with Crippen LogP contribution in [-0.2, 0) is 0 Å². The molecule has 2 rings (SSSR count). The van der Waals surface area contributed by atoms with Crippen molar-refractivity contribution in [2.75, 3.05) is 16.8 Å². The highest BCUT2D eigenvalue weighted by Gasteiger charge is 2.16. The fourth-order valence-electron chi connectivity index (χ4n) is 1.34. The molecule has 1 aromatic rings. The summed E-state index contributed by atoms with van der Waals surface area (Å²) in [7, 11) is 0. The lowest BCUT2D eigenvalue weighted by Gasteiger charge is -2.10. The number of hydrogen-bond acceptors (Lipinski definition) is 5. The van der Waals surface area contributed by atoms with Gasteiger partial charge in [-0.25, -0.2) is 14.8 Å². The predicted molar refractivity (Wildman–Crippen MR) is 58.3 cm³/mol. The molecule has 2 N–H and O–H groups in total. The van der Waals surface area contributed by atoms with Gasteiger partial charge in [-0.15, -0.1) is 0 Å². The minimum Gasteiger partial charge on any atom is -0.478 e. The Morgan fingerprint density at radius 1 is 1.53 bits per heavy atom. The second-order valence-electron chi connectivity index (χ2n) is 3.31. The van der Waals surface area contributed by atoms with Gasteiger partial charge in [-0.05, 0) is 12.2 Å². The lowest BCUT2D eigenvalue weighted by molar-refractivity contribution is 0.0696. The van der Waals surface area contributed by atoms with Crippen LogP contribution in [0.4, 0.5) is 5.95 Å². The van der Waals surface area contributed by atoms with Crippen molar-refractivity contribution in [1.29, 1.82) is 0 Å². The zero-order valence-electron chi connectivity index (χ0n) is 8.01. The summed E-state index contributed by atoms with van der Waals surface area (Å²) in [5.41, 5.74) is 0.112. The van der Waals surface area contributed by atoms with E-state index in [1.165, 1.54) is 12.4 Å². The van der Waals surface area contributed by atoms with Crippen molar-refractivity contribution in [3.05, 3.63) is 18.0 Å². The Morgan fingerprint density at radius 2 is 2.27 bits per heavy atom. The first-order valence-corrected chi connectivity index (χ1v) is 5.81. The van der Waals surface area contributed by atoms with E-state index < -0.39 is 5.97 Å². The third kappa shape index (κ3) is 2.59. The average Bonchev–Trinajstić information content (AvgIpc) is 2.71. The van der Waals surface area contributed by atoms with Crippen molar-refractivity contribution >= 4 is 23.7 Å². The largest absolute Gasteiger partial charge is 0.478 e. The summed E-state index contributed by atoms with van der Waals surface area (Å²) in [4.78, 5) is 18.5. The van der Waals surface area contributed by atoms with E-state index in [2.05, 4.69) is 15.3 Å². The molecule has 1 aromatic heterocycles. The number of aromatic carboxylic acids is 1. The predicted octanol–water partition coefficient (Wildman–Crippen LogP) is 1.09. The van der Waals surface area contributed by atoms with E-state index in [-0.39, 0.29) is 5.56 Å². The Labute approximate surface area is 91.3 Å². The number of aromatic nitrogens is 2. The summed E-state index contributed by atoms with van der Waals surface area (Å²) >= 11 is 1.90. The van der Waals surface area contributed by atoms with Gasteiger partial charge < -0.3 is 10.4 Å². The first-order chi connectivity index (χ1) is 7.25. The van der Waals surface area contributed by atoms with E-state index in [9.17, 15) is 4.79 Å². The topological polar surface area (TPSA) is 75.1 Å². The van der Waals surface area contributed by atoms with E-state index in [0.717, 1.165) is 17.9 Å². The Hall–Kier alpha value is -1.30. The van der Waals surface area contributed by atoms with E-state index >= 15 is 0 Å². The quantitative estimate of drug-likeness (QED) is 0.802. The first kappa shape index (κ1) is 10.2. The average molecular weight is 225 g/mol. The standard InChI is InChI=1S/C9H11N3O2S/c13-8(14)6-3-10-9(11-4-6)12-7-1-2-15-5-7/h3-4,7H,1-2,5H2,(H,13,14)(H,10,11,12). The molecule has 1 aliphatic heterocycles. The van der Waals surface area contributed by atoms with Gasteiger partial charge in [-0.1, -0.05) is 0 Å². The molecule has 0 aromatic carbocycles. The van der Waals surface area contributed by atoms with Gasteiger partial charge in [0.05, 0.1) is 5.56 Å². The highest BCUT2D eigenvalue weighted by atomic mass is 32.2. The van der Waals surface area contributed by atoms with Gasteiger partial charge in [0.1, 0.15) is 0 Å². The molecule has 0 saturated carbocycles. The van der Waals surface area contributed by atoms with E-state index in [4.69, 9.17) is 5.11 Å². The van der Waals surface area contributed by atoms with Gasteiger partial charge in [-0.2, -0.15) is 11.8 Å². The maximum atomic E-state index is 10.6. The molecule has 1 saturated heterocycles. The number of hydrogen-bond donors (Lipinski definition) is 2. The van der Waals surface area contributed by atoms with E-state index in [0.29, 0.717) is 12.0 Å². The smallest absolute Gasteiger partial charge is 0.338 e. The Morgan fingerprint density at radius 3 is 2.80 bits per heavy atom. The minimum absolute atomic E-state index is 0.112. The number of carboxylic acids is 1. The number of anilines is 1. The van der Waals surface area contributed by atoms with Crippen LogP contribution in [-0.4, -0.2) is 38.6 Å². The Kier molecular flexibility index (Phi) is 3.05. The molecule has 0 amide bonds. The van der Waals surface area contributed by atoms with E-state index in [1.807, 2.05) is 11.8 Å². The molecule has 0 spiro atoms. The van der Waals surface area contributed by atoms with Crippen LogP contribution in [0.3, 0.4) is 0 Å². The van der Waals surface area contributed by atoms with Gasteiger partial charge in [-0.3, -0.25) is 0 Å². The number of thioether (sulfide) groups is 1. The molecule has 1 aliphatic rings. The Bertz CT molecular complexity index is 349. The second kappa shape index (κ2) is 4.48. The van der Waals surface area contributed by atoms with Crippen LogP contribution >= 0.6 is 11.8 Å². The van der Waals surface area contributed by atoms with Crippen molar-refractivity contribution in [1.82, 2.24) is 9.97 Å². The van der Waals surface area contributed by atoms with Gasteiger partial charge >= 0.3 is 5.97 Å². The molecule has 5 nitrogen and oxygen atoms in total. The third-order valence-corrected chi connectivity index (χ3v) is 3.32. The number of carboxylic acid groups (broad SMARTS) is 1. The van der Waals surface area contributed by atoms with Crippen LogP contribution in [0.25, 0.3) is 0 Å². The molecular formula is C9H11N3O2S. The highest BCUT2D eigenvalue weighted by Crippen LogP contribution is 2.19. The summed E-state index contributed by atoms with van der Waals surface area (Å²) in [5.74, 6) is 1.72. The molecule has 1 atom stereocenters. The van der Waals surface area contributed by atoms with E-state index in [1.54, 1.807) is 0 Å². The zero-order chi connectivity index (χ0) is 10.7. The van der Waals surface area contributed by atoms with Crippen molar-refractivity contribution in [3.8, 4) is 0 Å². The van der Waals surface area contributed by atoms with Gasteiger partial charge in [0.2, 0.25) is 5.95 Å². The molecule has 0 bridgehead atoms. The molecule has 80 valence electrons. The zero-order valence-corrected chi connectivity index (χ0v) is 8.83. The number of rotatable bonds is 3. The maximum absolute atomic E-state index is 10.6. The molecule has 0 radical (unpaired) electrons. The lowest BCUT2D eigenvalue weighted by atomic mass is 10.3. The van der Waals surface area contributed by atoms with Crippen LogP contribution in [0.5, 0.6) is 0 Å². The molecule has 6 heteroatoms. The highest BCUT2D eigenvalue weighted by molar-refractivity contribution is 7.99. The Balaban J connectivity index is 2.00. The summed E-state index contributed by atoms with van der Waals surface area (Å²) in [6.45, 7) is 0. The molecule has 0 aliphatic carbocycles. The lowest BCUT2D eigenvalue weighted by Crippen LogP contribution is -2.19. The number of nitrogens with zero attached hydrogens (tertiary/aromatic N) is 2. The second-order valence-corrected chi connectivity index (χ2v) is 4.46. The van der Waals surface area contributed by atoms with Crippen LogP contribution in [0, 0.1) is 0 Å². The van der Waals surface area contributed by atoms with Crippen LogP contribution in [0.2, 0.25) is 0 Å². The first-order valence-electron chi connectivity index (χ1n) is 4.65. The molecule has 15 heavy (non-hydrogen) atoms. The number of carbonyl (C=O) groups is 1. The third-order valence-electron chi connectivity index (χ3n) is 2.16. The SMILES string of the molecule is O=C(O)c1cnc(NC2CCSC2)nc1. The van der Waals surface area contributed by atoms with Gasteiger partial charge in [0.25, 0.3) is 0 Å². The van der Waals surface area contributed by atoms with Gasteiger partial charge in [0.15, 0.2) is 0 Å². The maximum Gasteiger partial charge on any atom is 0.338 e. The fraction of sp³-hybridized carbons (Fsp3) is 0.444. The molecule has 1 fully saturated rings. The summed E-state index contributed by atoms with van der Waals surface area (Å²) in [5, 5.41) is 11.8. The normalized spacial score (nSPS) is 20.1. The summed E-state index contributed by atoms with van der Waals surface area (Å²) in [6, 6.07) is 0.408. The van der Waals surface area contributed by atoms with Crippen molar-refractivity contribution < 1.29 is 9.90 Å². The van der Waals surface area contributed by atoms with Crippen LogP contribution in [0.1, 0.15) is 16.8 Å². The summed E-state index contributed by atoms with van der Waals surface area (Å²) < 4.78 is 0. The van der Waals surface area contributed by atoms with Crippen LogP contribution in [0.15, 0.2) is 12.4 Å². The minimum atomic E-state index is -1.00. The van der Waals surface area contributed by atoms with Gasteiger partial charge in [0, 0.05) is 24.2 Å². The number of nitrogens with one attached hydrogen (secondary N) is 1. The molecule has 1 unspecified atom stereocenters. The summed E-state index contributed by atoms with van der Waals surface area (Å²) in [6.07, 6.45) is 3.74. The van der Waals surface area contributed by atoms with Crippen molar-refractivity contribution in [3.63, 3.8) is 0 Å². The van der Waals surface area contributed by atoms with Crippen LogP contribution < -0.4 is 5.32 Å². The fourth-order valence-corrected chi connectivity index (χ4v) is 2.50. The monoisotopic (exact) mass is 225 g/mol.